The molecule has 1 rings (SSSR count). The molecule has 0 saturated heterocycles. The lowest BCUT2D eigenvalue weighted by Crippen LogP contribution is -2.30. The van der Waals surface area contributed by atoms with Gasteiger partial charge in [0.2, 0.25) is 0 Å². The lowest BCUT2D eigenvalue weighted by molar-refractivity contribution is 0.513. The number of thiocarbonyl (C=S) groups is 1. The van der Waals surface area contributed by atoms with Gasteiger partial charge in [-0.25, -0.2) is 0 Å². The molecule has 1 atom stereocenters. The zero-order valence-corrected chi connectivity index (χ0v) is 14.1. The van der Waals surface area contributed by atoms with Crippen LogP contribution in [0.1, 0.15) is 51.7 Å². The lowest BCUT2D eigenvalue weighted by atomic mass is 10.0. The lowest BCUT2D eigenvalue weighted by Gasteiger charge is -2.17. The fourth-order valence-corrected chi connectivity index (χ4v) is 2.40. The number of nitrogens with one attached hydrogen (secondary N) is 2. The zero-order valence-electron chi connectivity index (χ0n) is 13.3. The highest BCUT2D eigenvalue weighted by Crippen LogP contribution is 2.22. The van der Waals surface area contributed by atoms with Crippen molar-refractivity contribution in [2.24, 2.45) is 5.92 Å². The number of para-hydroxylation sites is 1. The van der Waals surface area contributed by atoms with Gasteiger partial charge in [0.05, 0.1) is 0 Å². The largest absolute Gasteiger partial charge is 0.362 e. The van der Waals surface area contributed by atoms with Crippen molar-refractivity contribution in [3.05, 3.63) is 29.3 Å². The van der Waals surface area contributed by atoms with E-state index in [1.807, 2.05) is 0 Å². The quantitative estimate of drug-likeness (QED) is 0.722. The number of anilines is 1. The standard InChI is InChI=1S/C17H28N2S/c1-5-13(4)11-12-18-17(20)19-16-14(6-2)9-8-10-15(16)7-3/h8-10,13H,5-7,11-12H2,1-4H3,(H2,18,19,20). The highest BCUT2D eigenvalue weighted by molar-refractivity contribution is 7.80. The van der Waals surface area contributed by atoms with Crippen molar-refractivity contribution in [1.82, 2.24) is 5.32 Å². The smallest absolute Gasteiger partial charge is 0.170 e. The summed E-state index contributed by atoms with van der Waals surface area (Å²) in [5.74, 6) is 0.749. The van der Waals surface area contributed by atoms with Gasteiger partial charge in [0.15, 0.2) is 5.11 Å². The van der Waals surface area contributed by atoms with Crippen molar-refractivity contribution in [3.63, 3.8) is 0 Å². The molecule has 0 bridgehead atoms. The molecule has 0 heterocycles. The molecule has 20 heavy (non-hydrogen) atoms. The molecule has 0 aromatic heterocycles. The van der Waals surface area contributed by atoms with Gasteiger partial charge in [0.25, 0.3) is 0 Å². The van der Waals surface area contributed by atoms with Gasteiger partial charge < -0.3 is 10.6 Å². The van der Waals surface area contributed by atoms with E-state index >= 15 is 0 Å². The number of hydrogen-bond donors (Lipinski definition) is 2. The number of benzene rings is 1. The molecule has 3 heteroatoms. The van der Waals surface area contributed by atoms with Gasteiger partial charge in [-0.1, -0.05) is 52.3 Å². The molecular weight excluding hydrogens is 264 g/mol. The van der Waals surface area contributed by atoms with Gasteiger partial charge >= 0.3 is 0 Å². The van der Waals surface area contributed by atoms with Crippen LogP contribution in [0, 0.1) is 5.92 Å². The van der Waals surface area contributed by atoms with Gasteiger partial charge in [-0.15, -0.1) is 0 Å². The minimum atomic E-state index is 0.740. The maximum absolute atomic E-state index is 5.42. The summed E-state index contributed by atoms with van der Waals surface area (Å²) in [6, 6.07) is 6.47. The SMILES string of the molecule is CCc1cccc(CC)c1NC(=S)NCCC(C)CC. The molecular formula is C17H28N2S. The number of rotatable bonds is 7. The first-order valence-corrected chi connectivity index (χ1v) is 8.18. The minimum Gasteiger partial charge on any atom is -0.362 e. The van der Waals surface area contributed by atoms with Crippen molar-refractivity contribution in [3.8, 4) is 0 Å². The first-order chi connectivity index (χ1) is 9.62. The van der Waals surface area contributed by atoms with Crippen molar-refractivity contribution >= 4 is 23.0 Å². The molecule has 0 saturated carbocycles. The second-order valence-corrected chi connectivity index (χ2v) is 5.75. The molecule has 0 amide bonds. The average Bonchev–Trinajstić information content (AvgIpc) is 2.47. The molecule has 0 fully saturated rings. The van der Waals surface area contributed by atoms with Crippen LogP contribution >= 0.6 is 12.2 Å². The topological polar surface area (TPSA) is 24.1 Å². The van der Waals surface area contributed by atoms with Crippen LogP contribution in [0.5, 0.6) is 0 Å². The highest BCUT2D eigenvalue weighted by Gasteiger charge is 2.07. The van der Waals surface area contributed by atoms with E-state index in [0.717, 1.165) is 36.8 Å². The third-order valence-electron chi connectivity index (χ3n) is 3.86. The number of hydrogen-bond acceptors (Lipinski definition) is 1. The molecule has 1 aromatic carbocycles. The molecule has 0 spiro atoms. The normalized spacial score (nSPS) is 12.0. The van der Waals surface area contributed by atoms with Gasteiger partial charge in [0, 0.05) is 12.2 Å². The Morgan fingerprint density at radius 2 is 1.75 bits per heavy atom. The summed E-state index contributed by atoms with van der Waals surface area (Å²) in [7, 11) is 0. The summed E-state index contributed by atoms with van der Waals surface area (Å²) < 4.78 is 0. The molecule has 1 aromatic rings. The minimum absolute atomic E-state index is 0.740. The molecule has 112 valence electrons. The van der Waals surface area contributed by atoms with Crippen LogP contribution in [-0.2, 0) is 12.8 Å². The molecule has 0 aliphatic rings. The molecule has 0 aliphatic heterocycles. The predicted molar refractivity (Wildman–Crippen MR) is 93.5 cm³/mol. The maximum Gasteiger partial charge on any atom is 0.170 e. The van der Waals surface area contributed by atoms with E-state index in [-0.39, 0.29) is 0 Å². The van der Waals surface area contributed by atoms with Gasteiger partial charge in [-0.05, 0) is 48.5 Å². The van der Waals surface area contributed by atoms with E-state index in [1.165, 1.54) is 23.2 Å². The Morgan fingerprint density at radius 1 is 1.15 bits per heavy atom. The Bertz CT molecular complexity index is 407. The fourth-order valence-electron chi connectivity index (χ4n) is 2.20. The van der Waals surface area contributed by atoms with Crippen molar-refractivity contribution in [2.45, 2.75) is 53.4 Å². The molecule has 0 aliphatic carbocycles. The Balaban J connectivity index is 2.61. The summed E-state index contributed by atoms with van der Waals surface area (Å²) in [4.78, 5) is 0. The van der Waals surface area contributed by atoms with Gasteiger partial charge in [-0.2, -0.15) is 0 Å². The second-order valence-electron chi connectivity index (χ2n) is 5.34. The summed E-state index contributed by atoms with van der Waals surface area (Å²) in [6.07, 6.45) is 4.42. The summed E-state index contributed by atoms with van der Waals surface area (Å²) >= 11 is 5.42. The monoisotopic (exact) mass is 292 g/mol. The van der Waals surface area contributed by atoms with Crippen molar-refractivity contribution in [1.29, 1.82) is 0 Å². The van der Waals surface area contributed by atoms with E-state index in [0.29, 0.717) is 0 Å². The Kier molecular flexibility index (Phi) is 7.60. The Labute approximate surface area is 129 Å². The third-order valence-corrected chi connectivity index (χ3v) is 4.10. The zero-order chi connectivity index (χ0) is 15.0. The van der Waals surface area contributed by atoms with Crippen LogP contribution < -0.4 is 10.6 Å². The van der Waals surface area contributed by atoms with Crippen LogP contribution in [0.2, 0.25) is 0 Å². The van der Waals surface area contributed by atoms with Crippen LogP contribution in [0.25, 0.3) is 0 Å². The molecule has 2 nitrogen and oxygen atoms in total. The highest BCUT2D eigenvalue weighted by atomic mass is 32.1. The van der Waals surface area contributed by atoms with E-state index in [4.69, 9.17) is 12.2 Å². The third kappa shape index (κ3) is 5.12. The van der Waals surface area contributed by atoms with E-state index in [2.05, 4.69) is 56.5 Å². The van der Waals surface area contributed by atoms with E-state index < -0.39 is 0 Å². The Morgan fingerprint density at radius 3 is 2.25 bits per heavy atom. The van der Waals surface area contributed by atoms with Crippen LogP contribution in [0.4, 0.5) is 5.69 Å². The van der Waals surface area contributed by atoms with Gasteiger partial charge in [0.1, 0.15) is 0 Å². The van der Waals surface area contributed by atoms with Crippen molar-refractivity contribution < 1.29 is 0 Å². The second kappa shape index (κ2) is 8.96. The van der Waals surface area contributed by atoms with Crippen molar-refractivity contribution in [2.75, 3.05) is 11.9 Å². The van der Waals surface area contributed by atoms with E-state index in [9.17, 15) is 0 Å². The van der Waals surface area contributed by atoms with Crippen LogP contribution in [-0.4, -0.2) is 11.7 Å². The van der Waals surface area contributed by atoms with E-state index in [1.54, 1.807) is 0 Å². The maximum atomic E-state index is 5.42. The summed E-state index contributed by atoms with van der Waals surface area (Å²) in [5, 5.41) is 7.45. The first-order valence-electron chi connectivity index (χ1n) is 7.77. The number of aryl methyl sites for hydroxylation is 2. The van der Waals surface area contributed by atoms with Gasteiger partial charge in [-0.3, -0.25) is 0 Å². The fraction of sp³-hybridized carbons (Fsp3) is 0.588. The molecule has 0 radical (unpaired) electrons. The predicted octanol–water partition coefficient (Wildman–Crippen LogP) is 4.53. The Hall–Kier alpha value is -1.09. The summed E-state index contributed by atoms with van der Waals surface area (Å²) in [5.41, 5.74) is 3.85. The van der Waals surface area contributed by atoms with Crippen LogP contribution in [0.15, 0.2) is 18.2 Å². The molecule has 1 unspecified atom stereocenters. The summed E-state index contributed by atoms with van der Waals surface area (Å²) in [6.45, 7) is 9.81. The average molecular weight is 292 g/mol. The van der Waals surface area contributed by atoms with Crippen LogP contribution in [0.3, 0.4) is 0 Å². The molecule has 2 N–H and O–H groups in total. The first kappa shape index (κ1) is 17.0.